The molecule has 0 aliphatic rings. The van der Waals surface area contributed by atoms with E-state index in [-0.39, 0.29) is 11.5 Å². The highest BCUT2D eigenvalue weighted by Crippen LogP contribution is 2.25. The first-order chi connectivity index (χ1) is 14.4. The van der Waals surface area contributed by atoms with Crippen molar-refractivity contribution >= 4 is 5.69 Å². The van der Waals surface area contributed by atoms with Gasteiger partial charge in [0.25, 0.3) is 0 Å². The van der Waals surface area contributed by atoms with Crippen molar-refractivity contribution in [2.75, 3.05) is 18.5 Å². The van der Waals surface area contributed by atoms with Gasteiger partial charge in [0, 0.05) is 18.2 Å². The molecule has 3 aromatic rings. The van der Waals surface area contributed by atoms with Crippen LogP contribution in [-0.4, -0.2) is 19.3 Å². The number of rotatable bonds is 9. The topological polar surface area (TPSA) is 30.5 Å². The van der Waals surface area contributed by atoms with E-state index < -0.39 is 0 Å². The van der Waals surface area contributed by atoms with Gasteiger partial charge in [-0.25, -0.2) is 0 Å². The third-order valence-electron chi connectivity index (χ3n) is 4.99. The molecule has 3 aromatic carbocycles. The van der Waals surface area contributed by atoms with E-state index in [0.717, 1.165) is 23.6 Å². The summed E-state index contributed by atoms with van der Waals surface area (Å²) in [6.07, 6.45) is 0.949. The Morgan fingerprint density at radius 2 is 1.57 bits per heavy atom. The van der Waals surface area contributed by atoms with Crippen LogP contribution in [0, 0.1) is 0 Å². The highest BCUT2D eigenvalue weighted by molar-refractivity contribution is 5.48. The van der Waals surface area contributed by atoms with Crippen LogP contribution in [0.3, 0.4) is 0 Å². The molecule has 0 saturated carbocycles. The second-order valence-corrected chi connectivity index (χ2v) is 8.70. The molecule has 0 aliphatic carbocycles. The van der Waals surface area contributed by atoms with E-state index >= 15 is 0 Å². The molecule has 0 spiro atoms. The highest BCUT2D eigenvalue weighted by Gasteiger charge is 2.13. The van der Waals surface area contributed by atoms with Gasteiger partial charge in [0.05, 0.1) is 13.2 Å². The Bertz CT molecular complexity index is 898. The molecule has 3 rings (SSSR count). The Morgan fingerprint density at radius 1 is 0.833 bits per heavy atom. The summed E-state index contributed by atoms with van der Waals surface area (Å²) in [6.45, 7) is 10.1. The average Bonchev–Trinajstić information content (AvgIpc) is 2.73. The van der Waals surface area contributed by atoms with E-state index in [1.165, 1.54) is 11.1 Å². The van der Waals surface area contributed by atoms with Gasteiger partial charge in [0.2, 0.25) is 0 Å². The molecule has 3 nitrogen and oxygen atoms in total. The quantitative estimate of drug-likeness (QED) is 0.443. The Morgan fingerprint density at radius 3 is 2.27 bits per heavy atom. The maximum Gasteiger partial charge on any atom is 0.121 e. The largest absolute Gasteiger partial charge is 0.493 e. The van der Waals surface area contributed by atoms with Crippen LogP contribution in [0.15, 0.2) is 78.9 Å². The molecule has 3 heteroatoms. The standard InChI is InChI=1S/C27H33NO2/c1-21(30-25-15-13-23(14-16-25)27(2,3)4)20-28-24-11-8-12-26(19-24)29-18-17-22-9-6-5-7-10-22/h5-16,19,21,28H,17-18,20H2,1-4H3. The normalized spacial score (nSPS) is 12.3. The summed E-state index contributed by atoms with van der Waals surface area (Å²) in [5.41, 5.74) is 3.78. The second kappa shape index (κ2) is 10.2. The lowest BCUT2D eigenvalue weighted by atomic mass is 9.87. The van der Waals surface area contributed by atoms with Crippen LogP contribution in [-0.2, 0) is 11.8 Å². The summed E-state index contributed by atoms with van der Waals surface area (Å²) in [6, 6.07) is 26.9. The zero-order valence-electron chi connectivity index (χ0n) is 18.5. The van der Waals surface area contributed by atoms with E-state index in [1.54, 1.807) is 0 Å². The van der Waals surface area contributed by atoms with Crippen LogP contribution in [0.2, 0.25) is 0 Å². The van der Waals surface area contributed by atoms with E-state index in [2.05, 4.69) is 87.6 Å². The van der Waals surface area contributed by atoms with Crippen molar-refractivity contribution in [2.45, 2.75) is 45.6 Å². The smallest absolute Gasteiger partial charge is 0.121 e. The number of benzene rings is 3. The molecule has 0 heterocycles. The Balaban J connectivity index is 1.45. The molecular formula is C27H33NO2. The fraction of sp³-hybridized carbons (Fsp3) is 0.333. The van der Waals surface area contributed by atoms with Gasteiger partial charge in [-0.05, 0) is 47.7 Å². The monoisotopic (exact) mass is 403 g/mol. The summed E-state index contributed by atoms with van der Waals surface area (Å²) in [7, 11) is 0. The summed E-state index contributed by atoms with van der Waals surface area (Å²) in [4.78, 5) is 0. The lowest BCUT2D eigenvalue weighted by Crippen LogP contribution is -2.22. The van der Waals surface area contributed by atoms with Gasteiger partial charge in [0.15, 0.2) is 0 Å². The fourth-order valence-corrected chi connectivity index (χ4v) is 3.20. The first-order valence-corrected chi connectivity index (χ1v) is 10.7. The first-order valence-electron chi connectivity index (χ1n) is 10.7. The minimum absolute atomic E-state index is 0.0492. The SMILES string of the molecule is CC(CNc1cccc(OCCc2ccccc2)c1)Oc1ccc(C(C)(C)C)cc1. The Kier molecular flexibility index (Phi) is 7.40. The van der Waals surface area contributed by atoms with Gasteiger partial charge in [-0.2, -0.15) is 0 Å². The first kappa shape index (κ1) is 21.8. The van der Waals surface area contributed by atoms with Crippen molar-refractivity contribution in [3.8, 4) is 11.5 Å². The van der Waals surface area contributed by atoms with Crippen molar-refractivity contribution in [1.29, 1.82) is 0 Å². The summed E-state index contributed by atoms with van der Waals surface area (Å²) < 4.78 is 12.0. The average molecular weight is 404 g/mol. The molecule has 158 valence electrons. The molecule has 1 unspecified atom stereocenters. The molecule has 0 aliphatic heterocycles. The maximum atomic E-state index is 6.05. The minimum Gasteiger partial charge on any atom is -0.493 e. The van der Waals surface area contributed by atoms with Crippen LogP contribution in [0.1, 0.15) is 38.8 Å². The van der Waals surface area contributed by atoms with Crippen LogP contribution in [0.4, 0.5) is 5.69 Å². The molecule has 0 radical (unpaired) electrons. The zero-order valence-corrected chi connectivity index (χ0v) is 18.5. The summed E-state index contributed by atoms with van der Waals surface area (Å²) in [5, 5.41) is 3.44. The van der Waals surface area contributed by atoms with Gasteiger partial charge in [-0.1, -0.05) is 69.3 Å². The third-order valence-corrected chi connectivity index (χ3v) is 4.99. The third kappa shape index (κ3) is 6.84. The van der Waals surface area contributed by atoms with E-state index in [9.17, 15) is 0 Å². The molecule has 1 atom stereocenters. The van der Waals surface area contributed by atoms with Crippen LogP contribution >= 0.6 is 0 Å². The van der Waals surface area contributed by atoms with Gasteiger partial charge in [-0.3, -0.25) is 0 Å². The summed E-state index contributed by atoms with van der Waals surface area (Å²) >= 11 is 0. The number of hydrogen-bond acceptors (Lipinski definition) is 3. The van der Waals surface area contributed by atoms with Crippen LogP contribution < -0.4 is 14.8 Å². The van der Waals surface area contributed by atoms with Crippen LogP contribution in [0.5, 0.6) is 11.5 Å². The van der Waals surface area contributed by atoms with Crippen molar-refractivity contribution in [3.63, 3.8) is 0 Å². The van der Waals surface area contributed by atoms with E-state index in [1.807, 2.05) is 24.3 Å². The van der Waals surface area contributed by atoms with Crippen molar-refractivity contribution in [1.82, 2.24) is 0 Å². The van der Waals surface area contributed by atoms with Crippen LogP contribution in [0.25, 0.3) is 0 Å². The van der Waals surface area contributed by atoms with Gasteiger partial charge >= 0.3 is 0 Å². The minimum atomic E-state index is 0.0492. The van der Waals surface area contributed by atoms with Crippen molar-refractivity contribution in [2.24, 2.45) is 0 Å². The molecule has 0 bridgehead atoms. The summed E-state index contributed by atoms with van der Waals surface area (Å²) in [5.74, 6) is 1.78. The molecule has 0 aromatic heterocycles. The Labute approximate surface area is 181 Å². The van der Waals surface area contributed by atoms with E-state index in [4.69, 9.17) is 9.47 Å². The number of nitrogens with one attached hydrogen (secondary N) is 1. The lowest BCUT2D eigenvalue weighted by Gasteiger charge is -2.20. The molecule has 0 amide bonds. The predicted molar refractivity (Wildman–Crippen MR) is 126 cm³/mol. The van der Waals surface area contributed by atoms with E-state index in [0.29, 0.717) is 13.2 Å². The molecule has 0 fully saturated rings. The fourth-order valence-electron chi connectivity index (χ4n) is 3.20. The number of hydrogen-bond donors (Lipinski definition) is 1. The van der Waals surface area contributed by atoms with Gasteiger partial charge in [0.1, 0.15) is 17.6 Å². The Hall–Kier alpha value is -2.94. The zero-order chi connectivity index (χ0) is 21.4. The van der Waals surface area contributed by atoms with Gasteiger partial charge in [-0.15, -0.1) is 0 Å². The molecule has 1 N–H and O–H groups in total. The van der Waals surface area contributed by atoms with Crippen molar-refractivity contribution < 1.29 is 9.47 Å². The second-order valence-electron chi connectivity index (χ2n) is 8.70. The highest BCUT2D eigenvalue weighted by atomic mass is 16.5. The van der Waals surface area contributed by atoms with Crippen molar-refractivity contribution in [3.05, 3.63) is 90.0 Å². The van der Waals surface area contributed by atoms with Gasteiger partial charge < -0.3 is 14.8 Å². The maximum absolute atomic E-state index is 6.05. The predicted octanol–water partition coefficient (Wildman–Crippen LogP) is 6.49. The molecule has 0 saturated heterocycles. The lowest BCUT2D eigenvalue weighted by molar-refractivity contribution is 0.234. The molecule has 30 heavy (non-hydrogen) atoms. The molecular weight excluding hydrogens is 370 g/mol. The number of ether oxygens (including phenoxy) is 2. The number of anilines is 1.